The zero-order valence-corrected chi connectivity index (χ0v) is 10.9. The van der Waals surface area contributed by atoms with Crippen molar-refractivity contribution in [3.05, 3.63) is 0 Å². The van der Waals surface area contributed by atoms with E-state index in [0.717, 1.165) is 12.8 Å². The first kappa shape index (κ1) is 14.5. The van der Waals surface area contributed by atoms with E-state index in [1.54, 1.807) is 6.92 Å². The smallest absolute Gasteiger partial charge is 0.305 e. The zero-order valence-electron chi connectivity index (χ0n) is 10.9. The van der Waals surface area contributed by atoms with Gasteiger partial charge >= 0.3 is 5.97 Å². The van der Waals surface area contributed by atoms with Crippen LogP contribution in [0.1, 0.15) is 52.4 Å². The Morgan fingerprint density at radius 2 is 2.29 bits per heavy atom. The van der Waals surface area contributed by atoms with Gasteiger partial charge in [-0.05, 0) is 26.2 Å². The molecule has 0 bridgehead atoms. The van der Waals surface area contributed by atoms with Gasteiger partial charge in [0.25, 0.3) is 0 Å². The van der Waals surface area contributed by atoms with E-state index in [9.17, 15) is 9.90 Å². The quantitative estimate of drug-likeness (QED) is 0.726. The lowest BCUT2D eigenvalue weighted by Gasteiger charge is -2.36. The van der Waals surface area contributed by atoms with Gasteiger partial charge in [0.05, 0.1) is 18.3 Å². The third-order valence-corrected chi connectivity index (χ3v) is 3.24. The molecular formula is C13H24O4. The molecule has 1 fully saturated rings. The predicted molar refractivity (Wildman–Crippen MR) is 64.7 cm³/mol. The van der Waals surface area contributed by atoms with Gasteiger partial charge < -0.3 is 14.6 Å². The van der Waals surface area contributed by atoms with E-state index in [-0.39, 0.29) is 12.1 Å². The minimum absolute atomic E-state index is 0.140. The van der Waals surface area contributed by atoms with E-state index < -0.39 is 5.60 Å². The summed E-state index contributed by atoms with van der Waals surface area (Å²) in [4.78, 5) is 11.3. The van der Waals surface area contributed by atoms with Crippen LogP contribution in [0, 0.1) is 0 Å². The van der Waals surface area contributed by atoms with Crippen LogP contribution in [0.5, 0.6) is 0 Å². The monoisotopic (exact) mass is 244 g/mol. The molecule has 100 valence electrons. The van der Waals surface area contributed by atoms with E-state index in [4.69, 9.17) is 9.47 Å². The normalized spacial score (nSPS) is 29.0. The van der Waals surface area contributed by atoms with E-state index in [1.807, 2.05) is 0 Å². The lowest BCUT2D eigenvalue weighted by atomic mass is 9.85. The molecule has 1 heterocycles. The van der Waals surface area contributed by atoms with Crippen LogP contribution >= 0.6 is 0 Å². The highest BCUT2D eigenvalue weighted by molar-refractivity contribution is 5.69. The van der Waals surface area contributed by atoms with Gasteiger partial charge in [-0.2, -0.15) is 0 Å². The average molecular weight is 244 g/mol. The molecule has 0 spiro atoms. The molecule has 0 saturated carbocycles. The summed E-state index contributed by atoms with van der Waals surface area (Å²) in [6, 6.07) is 0. The fourth-order valence-electron chi connectivity index (χ4n) is 2.30. The van der Waals surface area contributed by atoms with Crippen molar-refractivity contribution in [1.82, 2.24) is 0 Å². The fraction of sp³-hybridized carbons (Fsp3) is 0.923. The molecule has 1 rings (SSSR count). The van der Waals surface area contributed by atoms with Crippen LogP contribution in [0.25, 0.3) is 0 Å². The molecule has 1 aliphatic rings. The lowest BCUT2D eigenvalue weighted by molar-refractivity contribution is -0.147. The number of esters is 1. The van der Waals surface area contributed by atoms with Crippen LogP contribution in [0.15, 0.2) is 0 Å². The van der Waals surface area contributed by atoms with Gasteiger partial charge in [0, 0.05) is 19.4 Å². The summed E-state index contributed by atoms with van der Waals surface area (Å²) in [6.45, 7) is 4.89. The van der Waals surface area contributed by atoms with Crippen LogP contribution in [-0.4, -0.2) is 36.0 Å². The summed E-state index contributed by atoms with van der Waals surface area (Å²) >= 11 is 0. The zero-order chi connectivity index (χ0) is 12.7. The number of carbonyl (C=O) groups is 1. The second-order valence-corrected chi connectivity index (χ2v) is 4.76. The van der Waals surface area contributed by atoms with Crippen molar-refractivity contribution in [1.29, 1.82) is 0 Å². The Balaban J connectivity index is 2.36. The standard InChI is InChI=1S/C13H24O4/c1-3-5-11-10-13(15,8-9-17-11)7-6-12(14)16-4-2/h11,15H,3-10H2,1-2H3. The van der Waals surface area contributed by atoms with Crippen LogP contribution < -0.4 is 0 Å². The Morgan fingerprint density at radius 1 is 1.53 bits per heavy atom. The number of rotatable bonds is 6. The molecule has 0 aromatic heterocycles. The van der Waals surface area contributed by atoms with Gasteiger partial charge in [0.2, 0.25) is 0 Å². The first-order chi connectivity index (χ1) is 8.09. The molecule has 1 aliphatic heterocycles. The minimum atomic E-state index is -0.745. The van der Waals surface area contributed by atoms with Gasteiger partial charge in [0.1, 0.15) is 0 Å². The number of aliphatic hydroxyl groups is 1. The molecule has 4 nitrogen and oxygen atoms in total. The Hall–Kier alpha value is -0.610. The maximum absolute atomic E-state index is 11.3. The SMILES string of the molecule is CCCC1CC(O)(CCC(=O)OCC)CCO1. The Morgan fingerprint density at radius 3 is 2.94 bits per heavy atom. The summed E-state index contributed by atoms with van der Waals surface area (Å²) in [5.74, 6) is -0.223. The molecule has 0 aromatic rings. The molecule has 1 N–H and O–H groups in total. The van der Waals surface area contributed by atoms with Gasteiger partial charge in [-0.3, -0.25) is 4.79 Å². The molecule has 0 amide bonds. The Bertz CT molecular complexity index is 240. The van der Waals surface area contributed by atoms with Crippen molar-refractivity contribution in [3.63, 3.8) is 0 Å². The molecule has 17 heavy (non-hydrogen) atoms. The summed E-state index contributed by atoms with van der Waals surface area (Å²) in [5.41, 5.74) is -0.745. The van der Waals surface area contributed by atoms with Crippen LogP contribution in [0.2, 0.25) is 0 Å². The average Bonchev–Trinajstić information content (AvgIpc) is 2.28. The largest absolute Gasteiger partial charge is 0.466 e. The maximum Gasteiger partial charge on any atom is 0.305 e. The fourth-order valence-corrected chi connectivity index (χ4v) is 2.30. The molecule has 0 radical (unpaired) electrons. The van der Waals surface area contributed by atoms with Crippen LogP contribution in [0.4, 0.5) is 0 Å². The van der Waals surface area contributed by atoms with Crippen molar-refractivity contribution < 1.29 is 19.4 Å². The summed E-state index contributed by atoms with van der Waals surface area (Å²) in [7, 11) is 0. The van der Waals surface area contributed by atoms with Crippen LogP contribution in [0.3, 0.4) is 0 Å². The Labute approximate surface area is 103 Å². The molecule has 0 aliphatic carbocycles. The molecule has 2 atom stereocenters. The molecule has 2 unspecified atom stereocenters. The lowest BCUT2D eigenvalue weighted by Crippen LogP contribution is -2.41. The molecule has 0 aromatic carbocycles. The second kappa shape index (κ2) is 6.97. The number of hydrogen-bond donors (Lipinski definition) is 1. The van der Waals surface area contributed by atoms with E-state index in [1.165, 1.54) is 0 Å². The van der Waals surface area contributed by atoms with E-state index >= 15 is 0 Å². The second-order valence-electron chi connectivity index (χ2n) is 4.76. The minimum Gasteiger partial charge on any atom is -0.466 e. The van der Waals surface area contributed by atoms with Crippen molar-refractivity contribution in [2.45, 2.75) is 64.1 Å². The predicted octanol–water partition coefficient (Wildman–Crippen LogP) is 2.04. The van der Waals surface area contributed by atoms with Crippen LogP contribution in [-0.2, 0) is 14.3 Å². The summed E-state index contributed by atoms with van der Waals surface area (Å²) in [5, 5.41) is 10.4. The molecule has 1 saturated heterocycles. The number of carbonyl (C=O) groups excluding carboxylic acids is 1. The van der Waals surface area contributed by atoms with Crippen molar-refractivity contribution in [3.8, 4) is 0 Å². The third kappa shape index (κ3) is 5.04. The molecular weight excluding hydrogens is 220 g/mol. The van der Waals surface area contributed by atoms with Gasteiger partial charge in [-0.15, -0.1) is 0 Å². The maximum atomic E-state index is 11.3. The highest BCUT2D eigenvalue weighted by Gasteiger charge is 2.34. The highest BCUT2D eigenvalue weighted by atomic mass is 16.5. The topological polar surface area (TPSA) is 55.8 Å². The first-order valence-corrected chi connectivity index (χ1v) is 6.59. The molecule has 4 heteroatoms. The first-order valence-electron chi connectivity index (χ1n) is 6.59. The van der Waals surface area contributed by atoms with E-state index in [2.05, 4.69) is 6.92 Å². The highest BCUT2D eigenvalue weighted by Crippen LogP contribution is 2.30. The van der Waals surface area contributed by atoms with Gasteiger partial charge in [-0.25, -0.2) is 0 Å². The van der Waals surface area contributed by atoms with Crippen molar-refractivity contribution in [2.75, 3.05) is 13.2 Å². The third-order valence-electron chi connectivity index (χ3n) is 3.24. The van der Waals surface area contributed by atoms with Gasteiger partial charge in [0.15, 0.2) is 0 Å². The summed E-state index contributed by atoms with van der Waals surface area (Å²) in [6.07, 6.45) is 4.20. The van der Waals surface area contributed by atoms with Gasteiger partial charge in [-0.1, -0.05) is 13.3 Å². The number of hydrogen-bond acceptors (Lipinski definition) is 4. The number of ether oxygens (including phenoxy) is 2. The van der Waals surface area contributed by atoms with E-state index in [0.29, 0.717) is 38.9 Å². The van der Waals surface area contributed by atoms with Crippen molar-refractivity contribution >= 4 is 5.97 Å². The van der Waals surface area contributed by atoms with Crippen molar-refractivity contribution in [2.24, 2.45) is 0 Å². The summed E-state index contributed by atoms with van der Waals surface area (Å²) < 4.78 is 10.5. The Kier molecular flexibility index (Phi) is 5.92.